The normalized spacial score (nSPS) is 10.9. The molecule has 3 rings (SSSR count). The number of nitrogens with one attached hydrogen (secondary N) is 2. The van der Waals surface area contributed by atoms with Crippen molar-refractivity contribution in [1.29, 1.82) is 0 Å². The summed E-state index contributed by atoms with van der Waals surface area (Å²) in [5, 5.41) is 5.23. The van der Waals surface area contributed by atoms with E-state index in [-0.39, 0.29) is 23.1 Å². The Morgan fingerprint density at radius 2 is 1.59 bits per heavy atom. The third kappa shape index (κ3) is 5.86. The molecule has 0 saturated carbocycles. The molecular weight excluding hydrogens is 430 g/mol. The number of aryl methyl sites for hydroxylation is 2. The SMILES string of the molecule is Cc1ccc(C)c(S(=O)(=O)Oc2ccc(C(=O)NCc3ccc(NC(N)=O)cc3)cc2)c1. The zero-order valence-electron chi connectivity index (χ0n) is 17.6. The molecule has 0 aliphatic heterocycles. The molecule has 4 N–H and O–H groups in total. The number of rotatable bonds is 7. The fourth-order valence-corrected chi connectivity index (χ4v) is 4.19. The van der Waals surface area contributed by atoms with Gasteiger partial charge >= 0.3 is 16.1 Å². The molecule has 0 bridgehead atoms. The topological polar surface area (TPSA) is 128 Å². The monoisotopic (exact) mass is 453 g/mol. The number of hydrogen-bond acceptors (Lipinski definition) is 5. The first-order valence-electron chi connectivity index (χ1n) is 9.69. The maximum Gasteiger partial charge on any atom is 0.339 e. The number of benzene rings is 3. The standard InChI is InChI=1S/C23H23N3O5S/c1-15-3-4-16(2)21(13-15)32(29,30)31-20-11-7-18(8-12-20)22(27)25-14-17-5-9-19(10-6-17)26-23(24)28/h3-13H,14H2,1-2H3,(H,25,27)(H3,24,26,28). The highest BCUT2D eigenvalue weighted by Gasteiger charge is 2.19. The molecule has 0 heterocycles. The van der Waals surface area contributed by atoms with E-state index in [9.17, 15) is 18.0 Å². The summed E-state index contributed by atoms with van der Waals surface area (Å²) in [7, 11) is -3.99. The Morgan fingerprint density at radius 3 is 2.22 bits per heavy atom. The molecule has 0 unspecified atom stereocenters. The van der Waals surface area contributed by atoms with Gasteiger partial charge in [-0.05, 0) is 73.0 Å². The summed E-state index contributed by atoms with van der Waals surface area (Å²) in [6.07, 6.45) is 0. The highest BCUT2D eigenvalue weighted by atomic mass is 32.2. The Balaban J connectivity index is 1.62. The van der Waals surface area contributed by atoms with E-state index in [2.05, 4.69) is 10.6 Å². The number of hydrogen-bond donors (Lipinski definition) is 3. The van der Waals surface area contributed by atoms with E-state index >= 15 is 0 Å². The van der Waals surface area contributed by atoms with Gasteiger partial charge in [0.05, 0.1) is 0 Å². The van der Waals surface area contributed by atoms with E-state index in [0.717, 1.165) is 11.1 Å². The first kappa shape index (κ1) is 22.8. The summed E-state index contributed by atoms with van der Waals surface area (Å²) in [5.41, 5.74) is 8.20. The van der Waals surface area contributed by atoms with Crippen molar-refractivity contribution in [3.63, 3.8) is 0 Å². The van der Waals surface area contributed by atoms with Gasteiger partial charge in [-0.3, -0.25) is 4.79 Å². The second-order valence-corrected chi connectivity index (χ2v) is 8.71. The summed E-state index contributed by atoms with van der Waals surface area (Å²) < 4.78 is 30.4. The highest BCUT2D eigenvalue weighted by Crippen LogP contribution is 2.22. The van der Waals surface area contributed by atoms with Crippen LogP contribution < -0.4 is 20.6 Å². The van der Waals surface area contributed by atoms with Crippen molar-refractivity contribution in [3.8, 4) is 5.75 Å². The molecule has 8 nitrogen and oxygen atoms in total. The lowest BCUT2D eigenvalue weighted by molar-refractivity contribution is 0.0951. The van der Waals surface area contributed by atoms with Crippen LogP contribution in [0.15, 0.2) is 71.6 Å². The smallest absolute Gasteiger partial charge is 0.339 e. The molecule has 0 aliphatic rings. The van der Waals surface area contributed by atoms with Gasteiger partial charge in [0.2, 0.25) is 0 Å². The van der Waals surface area contributed by atoms with Crippen LogP contribution in [-0.2, 0) is 16.7 Å². The van der Waals surface area contributed by atoms with Crippen molar-refractivity contribution in [3.05, 3.63) is 89.0 Å². The minimum atomic E-state index is -3.99. The molecule has 0 radical (unpaired) electrons. The van der Waals surface area contributed by atoms with E-state index < -0.39 is 16.1 Å². The number of urea groups is 1. The molecule has 0 saturated heterocycles. The quantitative estimate of drug-likeness (QED) is 0.472. The van der Waals surface area contributed by atoms with Crippen LogP contribution in [0.3, 0.4) is 0 Å². The summed E-state index contributed by atoms with van der Waals surface area (Å²) in [6, 6.07) is 17.2. The Hall–Kier alpha value is -3.85. The molecule has 166 valence electrons. The summed E-state index contributed by atoms with van der Waals surface area (Å²) in [5.74, 6) is -0.215. The van der Waals surface area contributed by atoms with E-state index in [1.807, 2.05) is 6.07 Å². The van der Waals surface area contributed by atoms with Crippen molar-refractivity contribution in [2.45, 2.75) is 25.3 Å². The number of primary amides is 1. The highest BCUT2D eigenvalue weighted by molar-refractivity contribution is 7.87. The molecule has 0 atom stereocenters. The maximum atomic E-state index is 12.6. The number of carbonyl (C=O) groups is 2. The van der Waals surface area contributed by atoms with E-state index in [0.29, 0.717) is 16.8 Å². The van der Waals surface area contributed by atoms with Crippen LogP contribution in [0.5, 0.6) is 5.75 Å². The predicted molar refractivity (Wildman–Crippen MR) is 121 cm³/mol. The van der Waals surface area contributed by atoms with Gasteiger partial charge in [0.25, 0.3) is 5.91 Å². The minimum absolute atomic E-state index is 0.108. The Labute approximate surface area is 186 Å². The van der Waals surface area contributed by atoms with Crippen molar-refractivity contribution >= 4 is 27.7 Å². The van der Waals surface area contributed by atoms with Gasteiger partial charge in [-0.25, -0.2) is 4.79 Å². The number of amides is 3. The fraction of sp³-hybridized carbons (Fsp3) is 0.130. The zero-order chi connectivity index (χ0) is 23.3. The van der Waals surface area contributed by atoms with Gasteiger partial charge in [0.15, 0.2) is 0 Å². The molecule has 3 amide bonds. The first-order valence-corrected chi connectivity index (χ1v) is 11.1. The van der Waals surface area contributed by atoms with Gasteiger partial charge in [0, 0.05) is 17.8 Å². The van der Waals surface area contributed by atoms with Gasteiger partial charge in [-0.15, -0.1) is 0 Å². The van der Waals surface area contributed by atoms with Gasteiger partial charge in [-0.1, -0.05) is 24.3 Å². The van der Waals surface area contributed by atoms with Gasteiger partial charge in [-0.2, -0.15) is 8.42 Å². The zero-order valence-corrected chi connectivity index (χ0v) is 18.4. The van der Waals surface area contributed by atoms with Crippen LogP contribution in [0.4, 0.5) is 10.5 Å². The Morgan fingerprint density at radius 1 is 0.938 bits per heavy atom. The third-order valence-electron chi connectivity index (χ3n) is 4.61. The molecule has 3 aromatic carbocycles. The van der Waals surface area contributed by atoms with Crippen LogP contribution in [0.25, 0.3) is 0 Å². The lowest BCUT2D eigenvalue weighted by Crippen LogP contribution is -2.23. The number of nitrogens with two attached hydrogens (primary N) is 1. The number of anilines is 1. The number of carbonyl (C=O) groups excluding carboxylic acids is 2. The second-order valence-electron chi connectivity index (χ2n) is 7.20. The molecule has 0 aromatic heterocycles. The molecular formula is C23H23N3O5S. The predicted octanol–water partition coefficient (Wildman–Crippen LogP) is 3.49. The van der Waals surface area contributed by atoms with Crippen molar-refractivity contribution in [2.24, 2.45) is 5.73 Å². The molecule has 0 fully saturated rings. The van der Waals surface area contributed by atoms with Crippen molar-refractivity contribution in [1.82, 2.24) is 5.32 Å². The van der Waals surface area contributed by atoms with E-state index in [4.69, 9.17) is 9.92 Å². The average molecular weight is 454 g/mol. The van der Waals surface area contributed by atoms with Crippen LogP contribution in [0, 0.1) is 13.8 Å². The summed E-state index contributed by atoms with van der Waals surface area (Å²) in [6.45, 7) is 3.78. The average Bonchev–Trinajstić information content (AvgIpc) is 2.74. The lowest BCUT2D eigenvalue weighted by Gasteiger charge is -2.11. The maximum absolute atomic E-state index is 12.6. The van der Waals surface area contributed by atoms with Gasteiger partial charge < -0.3 is 20.6 Å². The van der Waals surface area contributed by atoms with Crippen LogP contribution in [0.2, 0.25) is 0 Å². The molecule has 32 heavy (non-hydrogen) atoms. The van der Waals surface area contributed by atoms with Crippen LogP contribution >= 0.6 is 0 Å². The Kier molecular flexibility index (Phi) is 6.79. The van der Waals surface area contributed by atoms with Crippen LogP contribution in [0.1, 0.15) is 27.0 Å². The Bertz CT molecular complexity index is 1240. The molecule has 3 aromatic rings. The summed E-state index contributed by atoms with van der Waals surface area (Å²) in [4.78, 5) is 23.3. The lowest BCUT2D eigenvalue weighted by atomic mass is 10.1. The van der Waals surface area contributed by atoms with Crippen molar-refractivity contribution < 1.29 is 22.2 Å². The largest absolute Gasteiger partial charge is 0.379 e. The fourth-order valence-electron chi connectivity index (χ4n) is 2.94. The van der Waals surface area contributed by atoms with E-state index in [1.54, 1.807) is 50.2 Å². The first-order chi connectivity index (χ1) is 15.1. The van der Waals surface area contributed by atoms with E-state index in [1.165, 1.54) is 24.3 Å². The molecule has 0 spiro atoms. The third-order valence-corrected chi connectivity index (χ3v) is 6.00. The van der Waals surface area contributed by atoms with Crippen LogP contribution in [-0.4, -0.2) is 20.4 Å². The second kappa shape index (κ2) is 9.52. The molecule has 9 heteroatoms. The minimum Gasteiger partial charge on any atom is -0.379 e. The summed E-state index contributed by atoms with van der Waals surface area (Å²) >= 11 is 0. The van der Waals surface area contributed by atoms with Crippen molar-refractivity contribution in [2.75, 3.05) is 5.32 Å². The molecule has 0 aliphatic carbocycles. The van der Waals surface area contributed by atoms with Gasteiger partial charge in [0.1, 0.15) is 10.6 Å².